The fraction of sp³-hybridized carbons (Fsp3) is 0.471. The summed E-state index contributed by atoms with van der Waals surface area (Å²) in [5, 5.41) is 0. The molecule has 2 bridgehead atoms. The van der Waals surface area contributed by atoms with E-state index in [1.807, 2.05) is 4.83 Å². The molecule has 2 atom stereocenters. The van der Waals surface area contributed by atoms with Gasteiger partial charge in [0.2, 0.25) is 17.5 Å². The lowest BCUT2D eigenvalue weighted by Crippen LogP contribution is -2.55. The Morgan fingerprint density at radius 3 is 2.12 bits per heavy atom. The van der Waals surface area contributed by atoms with E-state index in [4.69, 9.17) is 0 Å². The molecule has 2 aliphatic rings. The molecule has 1 aromatic carbocycles. The smallest absolute Gasteiger partial charge is 0.257 e. The summed E-state index contributed by atoms with van der Waals surface area (Å²) < 4.78 is 24.5. The van der Waals surface area contributed by atoms with Crippen LogP contribution in [0.1, 0.15) is 33.6 Å². The highest BCUT2D eigenvalue weighted by Crippen LogP contribution is 2.68. The van der Waals surface area contributed by atoms with Crippen LogP contribution in [0.2, 0.25) is 0 Å². The Labute approximate surface area is 146 Å². The van der Waals surface area contributed by atoms with Crippen LogP contribution in [0.3, 0.4) is 0 Å². The average Bonchev–Trinajstić information content (AvgIpc) is 2.85. The number of amides is 1. The minimum atomic E-state index is -3.97. The van der Waals surface area contributed by atoms with Gasteiger partial charge in [0.05, 0.1) is 4.90 Å². The molecule has 2 saturated carbocycles. The van der Waals surface area contributed by atoms with Gasteiger partial charge in [-0.1, -0.05) is 39.0 Å². The molecule has 0 aliphatic heterocycles. The molecular weight excluding hydrogens is 344 g/mol. The van der Waals surface area contributed by atoms with Crippen LogP contribution in [-0.4, -0.2) is 25.9 Å². The van der Waals surface area contributed by atoms with E-state index in [9.17, 15) is 22.8 Å². The van der Waals surface area contributed by atoms with Crippen LogP contribution in [0.4, 0.5) is 0 Å². The first-order valence-electron chi connectivity index (χ1n) is 7.97. The maximum absolute atomic E-state index is 12.8. The maximum Gasteiger partial charge on any atom is 0.257 e. The van der Waals surface area contributed by atoms with Gasteiger partial charge in [-0.15, -0.1) is 4.83 Å². The molecule has 2 N–H and O–H groups in total. The van der Waals surface area contributed by atoms with Gasteiger partial charge in [0.25, 0.3) is 10.0 Å². The molecule has 1 aromatic rings. The molecule has 0 radical (unpaired) electrons. The normalized spacial score (nSPS) is 30.5. The number of fused-ring (bicyclic) bond motifs is 2. The number of Topliss-reactive ketones (excluding diaryl/α,β-unsaturated/α-hetero) is 2. The molecule has 8 heteroatoms. The van der Waals surface area contributed by atoms with Crippen LogP contribution in [0.25, 0.3) is 0 Å². The Morgan fingerprint density at radius 2 is 1.60 bits per heavy atom. The number of hydrogen-bond donors (Lipinski definition) is 2. The standard InChI is InChI=1S/C17H20N2O5S/c1-15(2)16(3)9-10-17(15,13(21)12(16)20)14(22)18-19-25(23,24)11-7-5-4-6-8-11/h4-8,19H,9-10H2,1-3H3,(H,18,22). The van der Waals surface area contributed by atoms with Crippen LogP contribution in [0.15, 0.2) is 35.2 Å². The van der Waals surface area contributed by atoms with Gasteiger partial charge >= 0.3 is 0 Å². The van der Waals surface area contributed by atoms with Gasteiger partial charge in [0.15, 0.2) is 0 Å². The number of nitrogens with one attached hydrogen (secondary N) is 2. The molecule has 0 aromatic heterocycles. The summed E-state index contributed by atoms with van der Waals surface area (Å²) in [5.41, 5.74) is -1.18. The van der Waals surface area contributed by atoms with Gasteiger partial charge in [0, 0.05) is 5.41 Å². The second kappa shape index (κ2) is 5.22. The lowest BCUT2D eigenvalue weighted by atomic mass is 9.64. The number of carbonyl (C=O) groups is 3. The van der Waals surface area contributed by atoms with Gasteiger partial charge in [-0.3, -0.25) is 19.8 Å². The van der Waals surface area contributed by atoms with E-state index in [1.54, 1.807) is 39.0 Å². The molecule has 0 saturated heterocycles. The summed E-state index contributed by atoms with van der Waals surface area (Å²) in [6.45, 7) is 5.13. The van der Waals surface area contributed by atoms with Gasteiger partial charge < -0.3 is 0 Å². The zero-order chi connectivity index (χ0) is 18.7. The van der Waals surface area contributed by atoms with E-state index in [0.29, 0.717) is 6.42 Å². The van der Waals surface area contributed by atoms with Gasteiger partial charge in [-0.05, 0) is 30.4 Å². The van der Waals surface area contributed by atoms with Crippen molar-refractivity contribution in [1.82, 2.24) is 10.3 Å². The maximum atomic E-state index is 12.8. The summed E-state index contributed by atoms with van der Waals surface area (Å²) in [6.07, 6.45) is 0.642. The van der Waals surface area contributed by atoms with Crippen molar-refractivity contribution in [3.8, 4) is 0 Å². The summed E-state index contributed by atoms with van der Waals surface area (Å²) in [4.78, 5) is 39.7. The Morgan fingerprint density at radius 1 is 1.00 bits per heavy atom. The SMILES string of the molecule is CC12CCC(C(=O)NNS(=O)(=O)c3ccccc3)(C(=O)C1=O)C2(C)C. The number of carbonyl (C=O) groups excluding carboxylic acids is 3. The zero-order valence-electron chi connectivity index (χ0n) is 14.3. The lowest BCUT2D eigenvalue weighted by Gasteiger charge is -2.36. The van der Waals surface area contributed by atoms with Gasteiger partial charge in [0.1, 0.15) is 5.41 Å². The van der Waals surface area contributed by atoms with Crippen molar-refractivity contribution in [1.29, 1.82) is 0 Å². The van der Waals surface area contributed by atoms with Crippen molar-refractivity contribution in [3.63, 3.8) is 0 Å². The fourth-order valence-corrected chi connectivity index (χ4v) is 5.01. The molecular formula is C17H20N2O5S. The first-order chi connectivity index (χ1) is 11.5. The van der Waals surface area contributed by atoms with Gasteiger partial charge in [-0.2, -0.15) is 0 Å². The average molecular weight is 364 g/mol. The van der Waals surface area contributed by atoms with Crippen LogP contribution >= 0.6 is 0 Å². The molecule has 1 amide bonds. The predicted octanol–water partition coefficient (Wildman–Crippen LogP) is 0.961. The molecule has 2 fully saturated rings. The molecule has 25 heavy (non-hydrogen) atoms. The summed E-state index contributed by atoms with van der Waals surface area (Å²) >= 11 is 0. The Balaban J connectivity index is 1.87. The number of hydrazine groups is 1. The van der Waals surface area contributed by atoms with Crippen molar-refractivity contribution >= 4 is 27.5 Å². The summed E-state index contributed by atoms with van der Waals surface area (Å²) in [7, 11) is -3.97. The first-order valence-corrected chi connectivity index (χ1v) is 9.45. The third kappa shape index (κ3) is 2.07. The van der Waals surface area contributed by atoms with Crippen molar-refractivity contribution in [3.05, 3.63) is 30.3 Å². The number of benzene rings is 1. The van der Waals surface area contributed by atoms with Crippen LogP contribution in [-0.2, 0) is 24.4 Å². The second-order valence-corrected chi connectivity index (χ2v) is 9.08. The minimum absolute atomic E-state index is 0.0165. The number of sulfonamides is 1. The highest BCUT2D eigenvalue weighted by atomic mass is 32.2. The third-order valence-electron chi connectivity index (χ3n) is 6.28. The minimum Gasteiger partial charge on any atom is -0.290 e. The highest BCUT2D eigenvalue weighted by Gasteiger charge is 2.77. The second-order valence-electron chi connectivity index (χ2n) is 7.39. The van der Waals surface area contributed by atoms with Crippen molar-refractivity contribution < 1.29 is 22.8 Å². The number of ketones is 2. The van der Waals surface area contributed by atoms with E-state index < -0.39 is 43.7 Å². The van der Waals surface area contributed by atoms with Crippen LogP contribution in [0, 0.1) is 16.2 Å². The quantitative estimate of drug-likeness (QED) is 0.470. The van der Waals surface area contributed by atoms with Crippen molar-refractivity contribution in [2.45, 2.75) is 38.5 Å². The van der Waals surface area contributed by atoms with Crippen molar-refractivity contribution in [2.24, 2.45) is 16.2 Å². The monoisotopic (exact) mass is 364 g/mol. The Bertz CT molecular complexity index is 878. The van der Waals surface area contributed by atoms with E-state index in [0.717, 1.165) is 0 Å². The van der Waals surface area contributed by atoms with Gasteiger partial charge in [-0.25, -0.2) is 8.42 Å². The molecule has 2 aliphatic carbocycles. The predicted molar refractivity (Wildman–Crippen MR) is 88.5 cm³/mol. The van der Waals surface area contributed by atoms with Crippen molar-refractivity contribution in [2.75, 3.05) is 0 Å². The molecule has 3 rings (SSSR count). The molecule has 134 valence electrons. The summed E-state index contributed by atoms with van der Waals surface area (Å²) in [5.74, 6) is -2.07. The molecule has 0 spiro atoms. The van der Waals surface area contributed by atoms with E-state index in [-0.39, 0.29) is 11.3 Å². The fourth-order valence-electron chi connectivity index (χ4n) is 4.15. The Kier molecular flexibility index (Phi) is 3.71. The lowest BCUT2D eigenvalue weighted by molar-refractivity contribution is -0.149. The largest absolute Gasteiger partial charge is 0.290 e. The summed E-state index contributed by atoms with van der Waals surface area (Å²) in [6, 6.07) is 7.54. The van der Waals surface area contributed by atoms with E-state index in [2.05, 4.69) is 5.43 Å². The zero-order valence-corrected chi connectivity index (χ0v) is 15.1. The molecule has 2 unspecified atom stereocenters. The highest BCUT2D eigenvalue weighted by molar-refractivity contribution is 7.89. The number of rotatable bonds is 4. The topological polar surface area (TPSA) is 109 Å². The van der Waals surface area contributed by atoms with E-state index >= 15 is 0 Å². The van der Waals surface area contributed by atoms with Crippen LogP contribution < -0.4 is 10.3 Å². The first kappa shape index (κ1) is 17.8. The van der Waals surface area contributed by atoms with Crippen LogP contribution in [0.5, 0.6) is 0 Å². The molecule has 0 heterocycles. The number of hydrogen-bond acceptors (Lipinski definition) is 5. The third-order valence-corrected chi connectivity index (χ3v) is 7.54. The van der Waals surface area contributed by atoms with E-state index in [1.165, 1.54) is 12.1 Å². The Hall–Kier alpha value is -2.06. The molecule has 7 nitrogen and oxygen atoms in total.